The SMILES string of the molecule is CCCC(CCC)C(NCC)c1ccc(OC(C)C)cc1. The van der Waals surface area contributed by atoms with Crippen LogP contribution in [0.25, 0.3) is 0 Å². The summed E-state index contributed by atoms with van der Waals surface area (Å²) in [5.41, 5.74) is 1.39. The molecule has 0 saturated carbocycles. The lowest BCUT2D eigenvalue weighted by molar-refractivity contribution is 0.242. The summed E-state index contributed by atoms with van der Waals surface area (Å²) >= 11 is 0. The van der Waals surface area contributed by atoms with Crippen LogP contribution in [0, 0.1) is 5.92 Å². The first-order valence-electron chi connectivity index (χ1n) is 8.62. The van der Waals surface area contributed by atoms with Gasteiger partial charge in [-0.1, -0.05) is 45.7 Å². The van der Waals surface area contributed by atoms with E-state index < -0.39 is 0 Å². The van der Waals surface area contributed by atoms with Crippen LogP contribution in [0.15, 0.2) is 24.3 Å². The van der Waals surface area contributed by atoms with Crippen molar-refractivity contribution in [1.82, 2.24) is 5.32 Å². The maximum absolute atomic E-state index is 5.74. The van der Waals surface area contributed by atoms with E-state index in [9.17, 15) is 0 Å². The van der Waals surface area contributed by atoms with E-state index in [2.05, 4.69) is 64.2 Å². The van der Waals surface area contributed by atoms with Crippen molar-refractivity contribution in [2.75, 3.05) is 6.54 Å². The van der Waals surface area contributed by atoms with Gasteiger partial charge in [-0.3, -0.25) is 0 Å². The molecule has 1 rings (SSSR count). The molecule has 0 aromatic heterocycles. The fraction of sp³-hybridized carbons (Fsp3) is 0.684. The van der Waals surface area contributed by atoms with Crippen LogP contribution in [0.4, 0.5) is 0 Å². The Kier molecular flexibility index (Phi) is 8.44. The Labute approximate surface area is 131 Å². The van der Waals surface area contributed by atoms with Crippen LogP contribution >= 0.6 is 0 Å². The molecule has 0 aliphatic heterocycles. The predicted octanol–water partition coefficient (Wildman–Crippen LogP) is 5.34. The zero-order chi connectivity index (χ0) is 15.7. The summed E-state index contributed by atoms with van der Waals surface area (Å²) in [7, 11) is 0. The molecule has 1 aromatic rings. The largest absolute Gasteiger partial charge is 0.491 e. The quantitative estimate of drug-likeness (QED) is 0.628. The summed E-state index contributed by atoms with van der Waals surface area (Å²) < 4.78 is 5.74. The van der Waals surface area contributed by atoms with E-state index in [1.807, 2.05) is 0 Å². The van der Waals surface area contributed by atoms with Crippen LogP contribution in [0.3, 0.4) is 0 Å². The monoisotopic (exact) mass is 291 g/mol. The second kappa shape index (κ2) is 9.83. The summed E-state index contributed by atoms with van der Waals surface area (Å²) in [5, 5.41) is 3.69. The minimum atomic E-state index is 0.230. The highest BCUT2D eigenvalue weighted by atomic mass is 16.5. The molecule has 1 aromatic carbocycles. The third kappa shape index (κ3) is 6.09. The predicted molar refractivity (Wildman–Crippen MR) is 91.9 cm³/mol. The summed E-state index contributed by atoms with van der Waals surface area (Å²) in [6.45, 7) is 11.9. The number of nitrogens with one attached hydrogen (secondary N) is 1. The number of rotatable bonds is 10. The molecule has 0 aliphatic rings. The molecular formula is C19H33NO. The molecule has 0 fully saturated rings. The van der Waals surface area contributed by atoms with Gasteiger partial charge < -0.3 is 10.1 Å². The number of ether oxygens (including phenoxy) is 1. The van der Waals surface area contributed by atoms with Crippen molar-refractivity contribution < 1.29 is 4.74 Å². The molecule has 0 aliphatic carbocycles. The molecule has 0 saturated heterocycles. The van der Waals surface area contributed by atoms with Crippen molar-refractivity contribution in [1.29, 1.82) is 0 Å². The molecule has 120 valence electrons. The van der Waals surface area contributed by atoms with Gasteiger partial charge in [0.2, 0.25) is 0 Å². The zero-order valence-electron chi connectivity index (χ0n) is 14.5. The molecule has 0 radical (unpaired) electrons. The average molecular weight is 291 g/mol. The Morgan fingerprint density at radius 3 is 1.95 bits per heavy atom. The van der Waals surface area contributed by atoms with Crippen LogP contribution in [0.1, 0.15) is 71.9 Å². The van der Waals surface area contributed by atoms with Gasteiger partial charge in [0.1, 0.15) is 5.75 Å². The van der Waals surface area contributed by atoms with E-state index >= 15 is 0 Å². The van der Waals surface area contributed by atoms with Crippen LogP contribution in [-0.2, 0) is 0 Å². The van der Waals surface area contributed by atoms with E-state index in [-0.39, 0.29) is 6.10 Å². The first kappa shape index (κ1) is 18.0. The Bertz CT molecular complexity index is 366. The van der Waals surface area contributed by atoms with Crippen molar-refractivity contribution in [3.8, 4) is 5.75 Å². The van der Waals surface area contributed by atoms with Gasteiger partial charge in [-0.25, -0.2) is 0 Å². The van der Waals surface area contributed by atoms with Crippen LogP contribution in [0.2, 0.25) is 0 Å². The van der Waals surface area contributed by atoms with Crippen LogP contribution in [0.5, 0.6) is 5.75 Å². The van der Waals surface area contributed by atoms with E-state index in [0.717, 1.165) is 18.2 Å². The Hall–Kier alpha value is -1.02. The van der Waals surface area contributed by atoms with Gasteiger partial charge in [-0.05, 0) is 56.8 Å². The normalized spacial score (nSPS) is 12.9. The van der Waals surface area contributed by atoms with E-state index in [1.54, 1.807) is 0 Å². The molecule has 1 unspecified atom stereocenters. The molecule has 0 spiro atoms. The molecule has 21 heavy (non-hydrogen) atoms. The smallest absolute Gasteiger partial charge is 0.119 e. The van der Waals surface area contributed by atoms with Gasteiger partial charge in [-0.15, -0.1) is 0 Å². The summed E-state index contributed by atoms with van der Waals surface area (Å²) in [5.74, 6) is 1.68. The lowest BCUT2D eigenvalue weighted by Gasteiger charge is -2.28. The fourth-order valence-corrected chi connectivity index (χ4v) is 3.02. The standard InChI is InChI=1S/C19H33NO/c1-6-9-16(10-7-2)19(20-8-3)17-11-13-18(14-12-17)21-15(4)5/h11-16,19-20H,6-10H2,1-5H3. The highest BCUT2D eigenvalue weighted by molar-refractivity contribution is 5.29. The van der Waals surface area contributed by atoms with Crippen LogP contribution < -0.4 is 10.1 Å². The Morgan fingerprint density at radius 2 is 1.52 bits per heavy atom. The molecular weight excluding hydrogens is 258 g/mol. The summed E-state index contributed by atoms with van der Waals surface area (Å²) in [6.07, 6.45) is 5.31. The summed E-state index contributed by atoms with van der Waals surface area (Å²) in [4.78, 5) is 0. The lowest BCUT2D eigenvalue weighted by Crippen LogP contribution is -2.28. The third-order valence-corrected chi connectivity index (χ3v) is 3.83. The number of benzene rings is 1. The van der Waals surface area contributed by atoms with Gasteiger partial charge in [0.05, 0.1) is 6.10 Å². The highest BCUT2D eigenvalue weighted by Gasteiger charge is 2.21. The second-order valence-electron chi connectivity index (χ2n) is 6.11. The molecule has 2 heteroatoms. The van der Waals surface area contributed by atoms with Gasteiger partial charge >= 0.3 is 0 Å². The van der Waals surface area contributed by atoms with Crippen LogP contribution in [-0.4, -0.2) is 12.6 Å². The average Bonchev–Trinajstić information content (AvgIpc) is 2.45. The maximum atomic E-state index is 5.74. The zero-order valence-corrected chi connectivity index (χ0v) is 14.5. The van der Waals surface area contributed by atoms with Crippen molar-refractivity contribution in [3.05, 3.63) is 29.8 Å². The van der Waals surface area contributed by atoms with Crippen molar-refractivity contribution in [2.45, 2.75) is 72.4 Å². The van der Waals surface area contributed by atoms with Crippen molar-refractivity contribution >= 4 is 0 Å². The minimum Gasteiger partial charge on any atom is -0.491 e. The fourth-order valence-electron chi connectivity index (χ4n) is 3.02. The third-order valence-electron chi connectivity index (χ3n) is 3.83. The Balaban J connectivity index is 2.87. The lowest BCUT2D eigenvalue weighted by atomic mass is 9.86. The van der Waals surface area contributed by atoms with Gasteiger partial charge in [-0.2, -0.15) is 0 Å². The molecule has 1 atom stereocenters. The first-order valence-corrected chi connectivity index (χ1v) is 8.62. The van der Waals surface area contributed by atoms with Gasteiger partial charge in [0, 0.05) is 6.04 Å². The number of hydrogen-bond acceptors (Lipinski definition) is 2. The van der Waals surface area contributed by atoms with Gasteiger partial charge in [0.25, 0.3) is 0 Å². The molecule has 2 nitrogen and oxygen atoms in total. The maximum Gasteiger partial charge on any atom is 0.119 e. The second-order valence-corrected chi connectivity index (χ2v) is 6.11. The molecule has 0 bridgehead atoms. The highest BCUT2D eigenvalue weighted by Crippen LogP contribution is 2.30. The van der Waals surface area contributed by atoms with Gasteiger partial charge in [0.15, 0.2) is 0 Å². The minimum absolute atomic E-state index is 0.230. The Morgan fingerprint density at radius 1 is 0.952 bits per heavy atom. The molecule has 0 heterocycles. The topological polar surface area (TPSA) is 21.3 Å². The van der Waals surface area contributed by atoms with E-state index in [1.165, 1.54) is 31.2 Å². The first-order chi connectivity index (χ1) is 10.1. The van der Waals surface area contributed by atoms with Crippen molar-refractivity contribution in [3.63, 3.8) is 0 Å². The molecule has 1 N–H and O–H groups in total. The van der Waals surface area contributed by atoms with Crippen molar-refractivity contribution in [2.24, 2.45) is 5.92 Å². The summed E-state index contributed by atoms with van der Waals surface area (Å²) in [6, 6.07) is 9.12. The van der Waals surface area contributed by atoms with E-state index in [4.69, 9.17) is 4.74 Å². The molecule has 0 amide bonds. The van der Waals surface area contributed by atoms with E-state index in [0.29, 0.717) is 6.04 Å². The number of hydrogen-bond donors (Lipinski definition) is 1.